The minimum atomic E-state index is -4.66. The topological polar surface area (TPSA) is 96.7 Å². The highest BCUT2D eigenvalue weighted by Gasteiger charge is 2.35. The molecule has 0 atom stereocenters. The average molecular weight is 379 g/mol. The van der Waals surface area contributed by atoms with E-state index >= 15 is 0 Å². The van der Waals surface area contributed by atoms with Crippen molar-refractivity contribution in [2.24, 2.45) is 0 Å². The van der Waals surface area contributed by atoms with Crippen molar-refractivity contribution < 1.29 is 26.4 Å². The molecular formula is C13H16F3N5O3S. The third-order valence-electron chi connectivity index (χ3n) is 3.34. The van der Waals surface area contributed by atoms with Gasteiger partial charge in [-0.25, -0.2) is 22.2 Å². The zero-order chi connectivity index (χ0) is 19.0. The molecule has 0 aliphatic heterocycles. The lowest BCUT2D eigenvalue weighted by Gasteiger charge is -2.11. The van der Waals surface area contributed by atoms with E-state index < -0.39 is 27.8 Å². The van der Waals surface area contributed by atoms with Crippen molar-refractivity contribution in [2.45, 2.75) is 13.1 Å². The van der Waals surface area contributed by atoms with E-state index in [1.54, 1.807) is 0 Å². The summed E-state index contributed by atoms with van der Waals surface area (Å²) in [6.07, 6.45) is -3.70. The van der Waals surface area contributed by atoms with Gasteiger partial charge in [-0.2, -0.15) is 18.3 Å². The van der Waals surface area contributed by atoms with Gasteiger partial charge >= 0.3 is 6.18 Å². The molecule has 0 spiro atoms. The standard InChI is InChI=1S/C13H16F3N5O3S/c1-8-6-10(13(14,15)16)21-11(19-8)9(7-18-21)12(22)17-4-5-25(23,24)20(2)3/h6-7H,4-5H2,1-3H3,(H,17,22). The highest BCUT2D eigenvalue weighted by Crippen LogP contribution is 2.30. The number of sulfonamides is 1. The Labute approximate surface area is 141 Å². The molecule has 0 unspecified atom stereocenters. The van der Waals surface area contributed by atoms with Crippen molar-refractivity contribution in [3.05, 3.63) is 29.2 Å². The zero-order valence-corrected chi connectivity index (χ0v) is 14.4. The number of carbonyl (C=O) groups excluding carboxylic acids is 1. The summed E-state index contributed by atoms with van der Waals surface area (Å²) in [6.45, 7) is 1.17. The van der Waals surface area contributed by atoms with Crippen molar-refractivity contribution in [3.8, 4) is 0 Å². The fraction of sp³-hybridized carbons (Fsp3) is 0.462. The largest absolute Gasteiger partial charge is 0.433 e. The summed E-state index contributed by atoms with van der Waals surface area (Å²) < 4.78 is 64.0. The molecule has 25 heavy (non-hydrogen) atoms. The number of halogens is 3. The number of nitrogens with zero attached hydrogens (tertiary/aromatic N) is 4. The fourth-order valence-electron chi connectivity index (χ4n) is 2.02. The first kappa shape index (κ1) is 19.1. The maximum atomic E-state index is 13.1. The van der Waals surface area contributed by atoms with Crippen LogP contribution in [0.3, 0.4) is 0 Å². The number of hydrogen-bond acceptors (Lipinski definition) is 5. The van der Waals surface area contributed by atoms with Gasteiger partial charge < -0.3 is 5.32 Å². The van der Waals surface area contributed by atoms with Crippen molar-refractivity contribution in [1.29, 1.82) is 0 Å². The molecule has 0 saturated carbocycles. The Morgan fingerprint density at radius 1 is 1.36 bits per heavy atom. The molecule has 0 fully saturated rings. The number of aryl methyl sites for hydroxylation is 1. The molecule has 1 N–H and O–H groups in total. The normalized spacial score (nSPS) is 12.8. The Kier molecular flexibility index (Phi) is 5.04. The second-order valence-electron chi connectivity index (χ2n) is 5.43. The first-order chi connectivity index (χ1) is 11.4. The van der Waals surface area contributed by atoms with E-state index in [1.165, 1.54) is 21.0 Å². The first-order valence-electron chi connectivity index (χ1n) is 7.04. The molecule has 0 aliphatic carbocycles. The second-order valence-corrected chi connectivity index (χ2v) is 7.73. The van der Waals surface area contributed by atoms with Gasteiger partial charge in [-0.1, -0.05) is 0 Å². The minimum absolute atomic E-state index is 0.0737. The summed E-state index contributed by atoms with van der Waals surface area (Å²) in [4.78, 5) is 16.1. The lowest BCUT2D eigenvalue weighted by atomic mass is 10.3. The van der Waals surface area contributed by atoms with E-state index in [2.05, 4.69) is 15.4 Å². The molecule has 1 amide bonds. The van der Waals surface area contributed by atoms with Crippen LogP contribution in [-0.4, -0.2) is 59.6 Å². The summed E-state index contributed by atoms with van der Waals surface area (Å²) in [5.74, 6) is -1.10. The number of aromatic nitrogens is 3. The quantitative estimate of drug-likeness (QED) is 0.824. The summed E-state index contributed by atoms with van der Waals surface area (Å²) >= 11 is 0. The van der Waals surface area contributed by atoms with E-state index in [9.17, 15) is 26.4 Å². The van der Waals surface area contributed by atoms with Crippen LogP contribution >= 0.6 is 0 Å². The number of fused-ring (bicyclic) bond motifs is 1. The van der Waals surface area contributed by atoms with Gasteiger partial charge in [-0.15, -0.1) is 0 Å². The lowest BCUT2D eigenvalue weighted by molar-refractivity contribution is -0.142. The average Bonchev–Trinajstić information content (AvgIpc) is 2.88. The molecule has 2 rings (SSSR count). The number of rotatable bonds is 5. The van der Waals surface area contributed by atoms with Crippen molar-refractivity contribution in [3.63, 3.8) is 0 Å². The summed E-state index contributed by atoms with van der Waals surface area (Å²) in [6, 6.07) is 0.825. The van der Waals surface area contributed by atoms with E-state index in [4.69, 9.17) is 0 Å². The van der Waals surface area contributed by atoms with Gasteiger partial charge in [-0.3, -0.25) is 4.79 Å². The van der Waals surface area contributed by atoms with Crippen LogP contribution in [0, 0.1) is 6.92 Å². The number of hydrogen-bond donors (Lipinski definition) is 1. The smallest absolute Gasteiger partial charge is 0.351 e. The van der Waals surface area contributed by atoms with Gasteiger partial charge in [0.05, 0.1) is 11.9 Å². The molecule has 12 heteroatoms. The van der Waals surface area contributed by atoms with Gasteiger partial charge in [0.25, 0.3) is 5.91 Å². The lowest BCUT2D eigenvalue weighted by Crippen LogP contribution is -2.33. The van der Waals surface area contributed by atoms with Gasteiger partial charge in [0.2, 0.25) is 10.0 Å². The Bertz CT molecular complexity index is 906. The summed E-state index contributed by atoms with van der Waals surface area (Å²) in [5.41, 5.74) is -1.40. The maximum Gasteiger partial charge on any atom is 0.433 e. The van der Waals surface area contributed by atoms with Crippen LogP contribution in [0.1, 0.15) is 21.7 Å². The molecule has 0 radical (unpaired) electrons. The van der Waals surface area contributed by atoms with Gasteiger partial charge in [0, 0.05) is 26.3 Å². The van der Waals surface area contributed by atoms with Crippen molar-refractivity contribution in [2.75, 3.05) is 26.4 Å². The fourth-order valence-corrected chi connectivity index (χ4v) is 2.74. The molecule has 0 bridgehead atoms. The Morgan fingerprint density at radius 3 is 2.56 bits per heavy atom. The van der Waals surface area contributed by atoms with Crippen molar-refractivity contribution >= 4 is 21.6 Å². The number of nitrogens with one attached hydrogen (secondary N) is 1. The monoisotopic (exact) mass is 379 g/mol. The molecule has 138 valence electrons. The highest BCUT2D eigenvalue weighted by molar-refractivity contribution is 7.89. The minimum Gasteiger partial charge on any atom is -0.351 e. The zero-order valence-electron chi connectivity index (χ0n) is 13.6. The SMILES string of the molecule is Cc1cc(C(F)(F)F)n2ncc(C(=O)NCCS(=O)(=O)N(C)C)c2n1. The molecule has 0 saturated heterocycles. The van der Waals surface area contributed by atoms with Crippen LogP contribution in [0.2, 0.25) is 0 Å². The Hall–Kier alpha value is -2.21. The molecule has 8 nitrogen and oxygen atoms in total. The maximum absolute atomic E-state index is 13.1. The molecule has 0 aromatic carbocycles. The Balaban J connectivity index is 2.27. The molecular weight excluding hydrogens is 363 g/mol. The Morgan fingerprint density at radius 2 is 2.00 bits per heavy atom. The highest BCUT2D eigenvalue weighted by atomic mass is 32.2. The number of carbonyl (C=O) groups is 1. The predicted molar refractivity (Wildman–Crippen MR) is 82.5 cm³/mol. The van der Waals surface area contributed by atoms with Crippen LogP contribution in [0.5, 0.6) is 0 Å². The number of alkyl halides is 3. The second kappa shape index (κ2) is 6.59. The van der Waals surface area contributed by atoms with Crippen LogP contribution in [-0.2, 0) is 16.2 Å². The third kappa shape index (κ3) is 4.07. The van der Waals surface area contributed by atoms with E-state index in [0.29, 0.717) is 4.52 Å². The molecule has 2 heterocycles. The van der Waals surface area contributed by atoms with Crippen LogP contribution in [0.25, 0.3) is 5.65 Å². The predicted octanol–water partition coefficient (Wildman–Crippen LogP) is 0.678. The van der Waals surface area contributed by atoms with Gasteiger partial charge in [0.15, 0.2) is 5.65 Å². The van der Waals surface area contributed by atoms with Crippen LogP contribution in [0.15, 0.2) is 12.3 Å². The summed E-state index contributed by atoms with van der Waals surface area (Å²) in [5, 5.41) is 5.93. The van der Waals surface area contributed by atoms with Gasteiger partial charge in [0.1, 0.15) is 11.3 Å². The molecule has 2 aromatic rings. The van der Waals surface area contributed by atoms with Gasteiger partial charge in [-0.05, 0) is 13.0 Å². The van der Waals surface area contributed by atoms with E-state index in [1.807, 2.05) is 0 Å². The van der Waals surface area contributed by atoms with E-state index in [-0.39, 0.29) is 29.2 Å². The number of amides is 1. The van der Waals surface area contributed by atoms with Crippen LogP contribution in [0.4, 0.5) is 13.2 Å². The third-order valence-corrected chi connectivity index (χ3v) is 5.17. The first-order valence-corrected chi connectivity index (χ1v) is 8.65. The van der Waals surface area contributed by atoms with Crippen molar-refractivity contribution in [1.82, 2.24) is 24.2 Å². The summed E-state index contributed by atoms with van der Waals surface area (Å²) in [7, 11) is -0.795. The van der Waals surface area contributed by atoms with Crippen LogP contribution < -0.4 is 5.32 Å². The van der Waals surface area contributed by atoms with E-state index in [0.717, 1.165) is 16.6 Å². The molecule has 0 aliphatic rings. The molecule has 2 aromatic heterocycles.